The lowest BCUT2D eigenvalue weighted by Gasteiger charge is -2.32. The van der Waals surface area contributed by atoms with Gasteiger partial charge in [-0.05, 0) is 98.5 Å². The first-order chi connectivity index (χ1) is 28.6. The largest absolute Gasteiger partial charge is 0.370 e. The second kappa shape index (κ2) is 17.0. The first-order valence-electron chi connectivity index (χ1n) is 20.7. The smallest absolute Gasteiger partial charge is 0.264 e. The lowest BCUT2D eigenvalue weighted by atomic mass is 9.86. The molecule has 5 aliphatic heterocycles. The van der Waals surface area contributed by atoms with E-state index >= 15 is 0 Å². The van der Waals surface area contributed by atoms with Crippen molar-refractivity contribution < 1.29 is 33.6 Å². The average molecular weight is 800 g/mol. The summed E-state index contributed by atoms with van der Waals surface area (Å²) >= 11 is 0. The number of benzene rings is 2. The highest BCUT2D eigenvalue weighted by atomic mass is 16.2. The van der Waals surface area contributed by atoms with Crippen LogP contribution in [0.5, 0.6) is 0 Å². The molecule has 0 radical (unpaired) electrons. The predicted molar refractivity (Wildman–Crippen MR) is 218 cm³/mol. The third-order valence-electron chi connectivity index (χ3n) is 12.7. The molecular weight excluding hydrogens is 751 g/mol. The zero-order chi connectivity index (χ0) is 41.1. The lowest BCUT2D eigenvalue weighted by Crippen LogP contribution is -2.54. The van der Waals surface area contributed by atoms with E-state index in [0.717, 1.165) is 55.4 Å². The molecule has 306 valence electrons. The van der Waals surface area contributed by atoms with E-state index in [1.54, 1.807) is 54.9 Å². The molecule has 2 atom stereocenters. The van der Waals surface area contributed by atoms with Gasteiger partial charge < -0.3 is 20.0 Å². The maximum atomic E-state index is 13.7. The van der Waals surface area contributed by atoms with Crippen LogP contribution in [-0.2, 0) is 14.4 Å². The van der Waals surface area contributed by atoms with Gasteiger partial charge in [0, 0.05) is 87.2 Å². The number of nitrogens with one attached hydrogen (secondary N) is 2. The van der Waals surface area contributed by atoms with Gasteiger partial charge >= 0.3 is 0 Å². The summed E-state index contributed by atoms with van der Waals surface area (Å²) in [6, 6.07) is 14.9. The van der Waals surface area contributed by atoms with Gasteiger partial charge in [0.1, 0.15) is 6.04 Å². The molecule has 0 saturated carbocycles. The van der Waals surface area contributed by atoms with Gasteiger partial charge in [-0.1, -0.05) is 25.0 Å². The normalized spacial score (nSPS) is 22.1. The van der Waals surface area contributed by atoms with Crippen LogP contribution in [-0.4, -0.2) is 113 Å². The Morgan fingerprint density at radius 3 is 2.29 bits per heavy atom. The number of amides is 7. The average Bonchev–Trinajstić information content (AvgIpc) is 3.95. The van der Waals surface area contributed by atoms with E-state index in [4.69, 9.17) is 0 Å². The number of hydrogen-bond acceptors (Lipinski definition) is 9. The minimum absolute atomic E-state index is 0.0246. The third kappa shape index (κ3) is 8.39. The molecule has 4 saturated heterocycles. The molecule has 6 heterocycles. The van der Waals surface area contributed by atoms with Crippen molar-refractivity contribution in [2.45, 2.75) is 63.8 Å². The van der Waals surface area contributed by atoms with Gasteiger partial charge in [0.25, 0.3) is 23.6 Å². The Labute approximate surface area is 343 Å². The van der Waals surface area contributed by atoms with Gasteiger partial charge in [-0.15, -0.1) is 0 Å². The van der Waals surface area contributed by atoms with Crippen molar-refractivity contribution in [3.63, 3.8) is 0 Å². The highest BCUT2D eigenvalue weighted by Crippen LogP contribution is 2.44. The van der Waals surface area contributed by atoms with Crippen LogP contribution < -0.4 is 15.5 Å². The van der Waals surface area contributed by atoms with Crippen molar-refractivity contribution in [1.29, 1.82) is 0 Å². The summed E-state index contributed by atoms with van der Waals surface area (Å²) < 4.78 is 0. The van der Waals surface area contributed by atoms with Crippen molar-refractivity contribution in [3.8, 4) is 0 Å². The molecule has 2 unspecified atom stereocenters. The number of imide groups is 2. The number of pyridine rings is 1. The fourth-order valence-electron chi connectivity index (χ4n) is 9.36. The molecule has 7 amide bonds. The van der Waals surface area contributed by atoms with Crippen molar-refractivity contribution >= 4 is 53.1 Å². The van der Waals surface area contributed by atoms with Crippen LogP contribution in [0.1, 0.15) is 105 Å². The number of anilines is 1. The van der Waals surface area contributed by atoms with Gasteiger partial charge in [0.15, 0.2) is 0 Å². The van der Waals surface area contributed by atoms with Crippen LogP contribution >= 0.6 is 0 Å². The zero-order valence-corrected chi connectivity index (χ0v) is 33.1. The first-order valence-corrected chi connectivity index (χ1v) is 20.7. The van der Waals surface area contributed by atoms with Crippen molar-refractivity contribution in [2.24, 2.45) is 11.3 Å². The number of piperidine rings is 2. The Balaban J connectivity index is 0.787. The van der Waals surface area contributed by atoms with Crippen LogP contribution in [0.3, 0.4) is 0 Å². The fourth-order valence-corrected chi connectivity index (χ4v) is 9.36. The first kappa shape index (κ1) is 39.6. The minimum Gasteiger partial charge on any atom is -0.370 e. The number of unbranched alkanes of at least 4 members (excludes halogenated alkanes) is 1. The van der Waals surface area contributed by atoms with Gasteiger partial charge in [-0.25, -0.2) is 0 Å². The summed E-state index contributed by atoms with van der Waals surface area (Å²) in [5, 5.41) is 5.18. The van der Waals surface area contributed by atoms with E-state index < -0.39 is 29.7 Å². The number of rotatable bonds is 11. The molecule has 0 bridgehead atoms. The second-order valence-corrected chi connectivity index (χ2v) is 16.5. The maximum Gasteiger partial charge on any atom is 0.264 e. The number of carbonyl (C=O) groups is 7. The highest BCUT2D eigenvalue weighted by Gasteiger charge is 2.49. The number of aromatic nitrogens is 1. The number of carbonyl (C=O) groups excluding carboxylic acids is 7. The van der Waals surface area contributed by atoms with Crippen molar-refractivity contribution in [3.05, 3.63) is 101 Å². The highest BCUT2D eigenvalue weighted by molar-refractivity contribution is 6.25. The van der Waals surface area contributed by atoms with E-state index in [0.29, 0.717) is 68.5 Å². The molecular formula is C45H49N7O7. The molecule has 1 aromatic heterocycles. The topological polar surface area (TPSA) is 169 Å². The minimum atomic E-state index is -1.03. The Bertz CT molecular complexity index is 2180. The summed E-state index contributed by atoms with van der Waals surface area (Å²) in [4.78, 5) is 102. The molecule has 14 nitrogen and oxygen atoms in total. The monoisotopic (exact) mass is 799 g/mol. The number of fused-ring (bicyclic) bond motifs is 1. The number of nitrogens with zero attached hydrogens (tertiary/aromatic N) is 5. The molecule has 8 rings (SSSR count). The van der Waals surface area contributed by atoms with Crippen LogP contribution in [0.15, 0.2) is 73.1 Å². The molecule has 0 aliphatic carbocycles. The van der Waals surface area contributed by atoms with Crippen LogP contribution in [0.25, 0.3) is 6.08 Å². The Morgan fingerprint density at radius 2 is 1.56 bits per heavy atom. The summed E-state index contributed by atoms with van der Waals surface area (Å²) in [5.41, 5.74) is 2.99. The van der Waals surface area contributed by atoms with Crippen LogP contribution in [0.2, 0.25) is 0 Å². The quantitative estimate of drug-likeness (QED) is 0.165. The summed E-state index contributed by atoms with van der Waals surface area (Å²) in [6.45, 7) is 4.43. The predicted octanol–water partition coefficient (Wildman–Crippen LogP) is 4.08. The van der Waals surface area contributed by atoms with E-state index in [1.807, 2.05) is 28.0 Å². The Hall–Kier alpha value is -6.18. The Morgan fingerprint density at radius 1 is 0.814 bits per heavy atom. The molecule has 4 fully saturated rings. The van der Waals surface area contributed by atoms with Crippen molar-refractivity contribution in [2.75, 3.05) is 50.7 Å². The third-order valence-corrected chi connectivity index (χ3v) is 12.7. The van der Waals surface area contributed by atoms with Gasteiger partial charge in [0.2, 0.25) is 17.7 Å². The lowest BCUT2D eigenvalue weighted by molar-refractivity contribution is -0.136. The van der Waals surface area contributed by atoms with Crippen LogP contribution in [0, 0.1) is 11.3 Å². The Kier molecular flexibility index (Phi) is 11.4. The molecule has 2 aromatic carbocycles. The van der Waals surface area contributed by atoms with Crippen molar-refractivity contribution in [1.82, 2.24) is 30.3 Å². The molecule has 59 heavy (non-hydrogen) atoms. The summed E-state index contributed by atoms with van der Waals surface area (Å²) in [7, 11) is 0. The molecule has 5 aliphatic rings. The summed E-state index contributed by atoms with van der Waals surface area (Å²) in [5.74, 6) is -1.78. The standard InChI is InChI=1S/C45H49N7O7/c53-37(15-9-31-6-4-21-46-27-31)47-22-2-1-5-30-17-23-49(24-18-30)41(56)32-10-12-33(13-11-32)42(57)51-26-20-45(29-51)19-25-50(28-45)35-8-3-7-34-39(35)44(59)52(43(34)58)36-14-16-38(54)48-40(36)55/h3-4,6-13,15,21,27,30,36H,1-2,5,14,16-20,22-26,28-29H2,(H,47,53)(H,48,54,55)/b15-9+. The summed E-state index contributed by atoms with van der Waals surface area (Å²) in [6.07, 6.45) is 13.3. The number of likely N-dealkylation sites (tertiary alicyclic amines) is 2. The van der Waals surface area contributed by atoms with E-state index in [1.165, 1.54) is 6.08 Å². The number of hydrogen-bond donors (Lipinski definition) is 2. The second-order valence-electron chi connectivity index (χ2n) is 16.5. The SMILES string of the molecule is O=C(/C=C/c1cccnc1)NCCCCC1CCN(C(=O)c2ccc(C(=O)N3CCC4(CCN(c5cccc6c5C(=O)N(C5CCC(=O)NC5=O)C6=O)C4)C3)cc2)CC1. The molecule has 2 N–H and O–H groups in total. The fraction of sp³-hybridized carbons (Fsp3) is 0.422. The van der Waals surface area contributed by atoms with E-state index in [2.05, 4.69) is 20.5 Å². The zero-order valence-electron chi connectivity index (χ0n) is 33.1. The molecule has 3 aromatic rings. The molecule has 1 spiro atoms. The van der Waals surface area contributed by atoms with Gasteiger partial charge in [0.05, 0.1) is 16.8 Å². The molecule has 14 heteroatoms. The van der Waals surface area contributed by atoms with Crippen LogP contribution in [0.4, 0.5) is 5.69 Å². The van der Waals surface area contributed by atoms with Gasteiger partial charge in [-0.2, -0.15) is 0 Å². The van der Waals surface area contributed by atoms with E-state index in [-0.39, 0.29) is 47.1 Å². The van der Waals surface area contributed by atoms with Gasteiger partial charge in [-0.3, -0.25) is 48.8 Å². The maximum absolute atomic E-state index is 13.7. The van der Waals surface area contributed by atoms with E-state index in [9.17, 15) is 33.6 Å².